The van der Waals surface area contributed by atoms with Gasteiger partial charge in [0.2, 0.25) is 6.35 Å². The summed E-state index contributed by atoms with van der Waals surface area (Å²) in [7, 11) is 1.92. The number of aromatic nitrogens is 5. The lowest BCUT2D eigenvalue weighted by atomic mass is 10.1. The van der Waals surface area contributed by atoms with Crippen LogP contribution in [0.1, 0.15) is 12.1 Å². The maximum Gasteiger partial charge on any atom is 0.209 e. The van der Waals surface area contributed by atoms with Gasteiger partial charge in [0, 0.05) is 43.7 Å². The molecule has 0 spiro atoms. The molecule has 2 aliphatic heterocycles. The third-order valence-electron chi connectivity index (χ3n) is 5.33. The van der Waals surface area contributed by atoms with Crippen LogP contribution in [0.5, 0.6) is 0 Å². The van der Waals surface area contributed by atoms with Gasteiger partial charge in [-0.15, -0.1) is 0 Å². The summed E-state index contributed by atoms with van der Waals surface area (Å²) in [6.45, 7) is 2.98. The van der Waals surface area contributed by atoms with E-state index in [1.807, 2.05) is 35.8 Å². The predicted octanol–water partition coefficient (Wildman–Crippen LogP) is 1.32. The molecule has 2 N–H and O–H groups in total. The third-order valence-corrected chi connectivity index (χ3v) is 5.33. The minimum Gasteiger partial charge on any atom is -0.356 e. The molecule has 2 atom stereocenters. The van der Waals surface area contributed by atoms with Crippen molar-refractivity contribution in [3.05, 3.63) is 42.6 Å². The number of aliphatic hydroxyl groups is 1. The maximum absolute atomic E-state index is 10.9. The van der Waals surface area contributed by atoms with Gasteiger partial charge in [-0.1, -0.05) is 0 Å². The normalized spacial score (nSPS) is 18.7. The van der Waals surface area contributed by atoms with E-state index in [1.165, 1.54) is 0 Å². The number of aryl methyl sites for hydroxylation is 1. The van der Waals surface area contributed by atoms with Crippen molar-refractivity contribution in [3.8, 4) is 11.3 Å². The van der Waals surface area contributed by atoms with E-state index in [2.05, 4.69) is 31.3 Å². The average Bonchev–Trinajstić information content (AvgIpc) is 3.09. The molecule has 0 aromatic carbocycles. The predicted molar refractivity (Wildman–Crippen MR) is 101 cm³/mol. The fourth-order valence-corrected chi connectivity index (χ4v) is 3.69. The average molecular weight is 364 g/mol. The Morgan fingerprint density at radius 3 is 2.81 bits per heavy atom. The molecule has 0 aliphatic carbocycles. The van der Waals surface area contributed by atoms with Gasteiger partial charge >= 0.3 is 0 Å². The van der Waals surface area contributed by atoms with Crippen molar-refractivity contribution in [1.29, 1.82) is 0 Å². The molecule has 3 aromatic rings. The van der Waals surface area contributed by atoms with Gasteiger partial charge in [-0.3, -0.25) is 14.6 Å². The van der Waals surface area contributed by atoms with E-state index in [0.717, 1.165) is 41.4 Å². The highest BCUT2D eigenvalue weighted by atomic mass is 16.3. The largest absolute Gasteiger partial charge is 0.356 e. The Hall–Kier alpha value is -3.20. The molecule has 0 radical (unpaired) electrons. The Labute approximate surface area is 156 Å². The Bertz CT molecular complexity index is 988. The lowest BCUT2D eigenvalue weighted by molar-refractivity contribution is 0.177. The van der Waals surface area contributed by atoms with Crippen LogP contribution in [0.3, 0.4) is 0 Å². The van der Waals surface area contributed by atoms with Crippen LogP contribution in [0.25, 0.3) is 11.3 Å². The molecule has 0 amide bonds. The number of fused-ring (bicyclic) bond motifs is 3. The smallest absolute Gasteiger partial charge is 0.209 e. The van der Waals surface area contributed by atoms with E-state index >= 15 is 0 Å². The summed E-state index contributed by atoms with van der Waals surface area (Å²) in [6.07, 6.45) is 6.71. The highest BCUT2D eigenvalue weighted by molar-refractivity contribution is 5.79. The molecular formula is C18H20N8O. The van der Waals surface area contributed by atoms with Crippen LogP contribution in [0.4, 0.5) is 17.3 Å². The third kappa shape index (κ3) is 2.42. The first-order valence-corrected chi connectivity index (χ1v) is 8.89. The van der Waals surface area contributed by atoms with E-state index in [-0.39, 0.29) is 6.17 Å². The van der Waals surface area contributed by atoms with E-state index in [9.17, 15) is 5.11 Å². The Morgan fingerprint density at radius 2 is 2.15 bits per heavy atom. The SMILES string of the molecule is Cc1c(-c2ccc3c(n2)N(C(O)Nc2cnccn2)[C@H]2CCN32)cnn1C. The van der Waals surface area contributed by atoms with Gasteiger partial charge in [-0.2, -0.15) is 5.10 Å². The molecule has 0 bridgehead atoms. The van der Waals surface area contributed by atoms with E-state index < -0.39 is 6.35 Å². The second-order valence-corrected chi connectivity index (χ2v) is 6.79. The number of aliphatic hydroxyl groups excluding tert-OH is 1. The molecule has 1 saturated heterocycles. The molecule has 27 heavy (non-hydrogen) atoms. The highest BCUT2D eigenvalue weighted by Crippen LogP contribution is 2.45. The zero-order valence-corrected chi connectivity index (χ0v) is 15.1. The summed E-state index contributed by atoms with van der Waals surface area (Å²) in [5.74, 6) is 1.28. The number of hydrogen-bond donors (Lipinski definition) is 2. The van der Waals surface area contributed by atoms with Gasteiger partial charge in [0.05, 0.1) is 23.8 Å². The fraction of sp³-hybridized carbons (Fsp3) is 0.333. The molecule has 9 nitrogen and oxygen atoms in total. The maximum atomic E-state index is 10.9. The first kappa shape index (κ1) is 16.0. The molecule has 5 heterocycles. The molecule has 3 aromatic heterocycles. The molecule has 1 fully saturated rings. The van der Waals surface area contributed by atoms with Crippen molar-refractivity contribution >= 4 is 17.3 Å². The van der Waals surface area contributed by atoms with Crippen molar-refractivity contribution < 1.29 is 5.11 Å². The minimum absolute atomic E-state index is 0.0944. The summed E-state index contributed by atoms with van der Waals surface area (Å²) in [4.78, 5) is 17.3. The molecule has 0 saturated carbocycles. The zero-order chi connectivity index (χ0) is 18.5. The van der Waals surface area contributed by atoms with Crippen molar-refractivity contribution in [2.24, 2.45) is 7.05 Å². The van der Waals surface area contributed by atoms with Gasteiger partial charge in [-0.05, 0) is 19.1 Å². The monoisotopic (exact) mass is 364 g/mol. The van der Waals surface area contributed by atoms with Gasteiger partial charge in [0.25, 0.3) is 0 Å². The van der Waals surface area contributed by atoms with Crippen molar-refractivity contribution in [2.45, 2.75) is 25.9 Å². The number of pyridine rings is 1. The van der Waals surface area contributed by atoms with E-state index in [0.29, 0.717) is 5.82 Å². The van der Waals surface area contributed by atoms with E-state index in [4.69, 9.17) is 4.98 Å². The van der Waals surface area contributed by atoms with Crippen LogP contribution in [0, 0.1) is 6.92 Å². The second kappa shape index (κ2) is 5.92. The van der Waals surface area contributed by atoms with Gasteiger partial charge in [-0.25, -0.2) is 9.97 Å². The molecule has 2 aliphatic rings. The second-order valence-electron chi connectivity index (χ2n) is 6.79. The van der Waals surface area contributed by atoms with Crippen LogP contribution in [0.15, 0.2) is 36.9 Å². The number of hydrogen-bond acceptors (Lipinski definition) is 8. The first-order chi connectivity index (χ1) is 13.1. The molecular weight excluding hydrogens is 344 g/mol. The highest BCUT2D eigenvalue weighted by Gasteiger charge is 2.45. The molecule has 9 heteroatoms. The summed E-state index contributed by atoms with van der Waals surface area (Å²) in [5, 5.41) is 18.2. The summed E-state index contributed by atoms with van der Waals surface area (Å²) < 4.78 is 1.83. The van der Waals surface area contributed by atoms with Crippen molar-refractivity contribution in [2.75, 3.05) is 21.7 Å². The lowest BCUT2D eigenvalue weighted by Crippen LogP contribution is -2.58. The van der Waals surface area contributed by atoms with Gasteiger partial charge in [0.15, 0.2) is 5.82 Å². The Balaban J connectivity index is 1.51. The quantitative estimate of drug-likeness (QED) is 0.670. The Kier molecular flexibility index (Phi) is 3.51. The molecule has 1 unspecified atom stereocenters. The van der Waals surface area contributed by atoms with Gasteiger partial charge < -0.3 is 15.3 Å². The number of nitrogens with one attached hydrogen (secondary N) is 1. The number of anilines is 3. The summed E-state index contributed by atoms with van der Waals surface area (Å²) >= 11 is 0. The minimum atomic E-state index is -0.950. The summed E-state index contributed by atoms with van der Waals surface area (Å²) in [6, 6.07) is 4.09. The van der Waals surface area contributed by atoms with Gasteiger partial charge in [0.1, 0.15) is 12.0 Å². The van der Waals surface area contributed by atoms with Crippen molar-refractivity contribution in [3.63, 3.8) is 0 Å². The van der Waals surface area contributed by atoms with Crippen LogP contribution < -0.4 is 15.1 Å². The number of nitrogens with zero attached hydrogens (tertiary/aromatic N) is 7. The zero-order valence-electron chi connectivity index (χ0n) is 15.1. The van der Waals surface area contributed by atoms with Crippen LogP contribution >= 0.6 is 0 Å². The van der Waals surface area contributed by atoms with Crippen LogP contribution in [0.2, 0.25) is 0 Å². The van der Waals surface area contributed by atoms with Crippen LogP contribution in [-0.2, 0) is 7.05 Å². The molecule has 5 rings (SSSR count). The topological polar surface area (TPSA) is 95.2 Å². The van der Waals surface area contributed by atoms with Crippen LogP contribution in [-0.4, -0.2) is 48.9 Å². The molecule has 138 valence electrons. The lowest BCUT2D eigenvalue weighted by Gasteiger charge is -2.42. The fourth-order valence-electron chi connectivity index (χ4n) is 3.69. The first-order valence-electron chi connectivity index (χ1n) is 8.89. The standard InChI is InChI=1S/C18H20N8O/c1-11-12(9-21-24(11)2)13-3-4-14-17(22-13)26(16-5-8-25(14)16)18(27)23-15-10-19-6-7-20-15/h3-4,6-7,9-10,16,18,27H,5,8H2,1-2H3,(H,20,23)/t16-,18?/m0/s1. The van der Waals surface area contributed by atoms with Crippen molar-refractivity contribution in [1.82, 2.24) is 24.7 Å². The van der Waals surface area contributed by atoms with E-state index in [1.54, 1.807) is 18.6 Å². The summed E-state index contributed by atoms with van der Waals surface area (Å²) in [5.41, 5.74) is 3.93. The number of rotatable bonds is 4. The Morgan fingerprint density at radius 1 is 1.26 bits per heavy atom.